The van der Waals surface area contributed by atoms with Gasteiger partial charge in [-0.3, -0.25) is 0 Å². The van der Waals surface area contributed by atoms with Crippen molar-refractivity contribution >= 4 is 12.1 Å². The third-order valence-corrected chi connectivity index (χ3v) is 2.37. The molecule has 0 aliphatic carbocycles. The second kappa shape index (κ2) is 3.61. The number of amides is 3. The molecule has 1 aliphatic heterocycles. The van der Waals surface area contributed by atoms with Crippen LogP contribution in [0.1, 0.15) is 11.6 Å². The minimum Gasteiger partial charge on any atom is -0.465 e. The lowest BCUT2D eigenvalue weighted by Gasteiger charge is -2.17. The van der Waals surface area contributed by atoms with E-state index in [0.29, 0.717) is 6.54 Å². The molecule has 2 N–H and O–H groups in total. The lowest BCUT2D eigenvalue weighted by Crippen LogP contribution is -2.34. The van der Waals surface area contributed by atoms with Crippen LogP contribution in [0.5, 0.6) is 0 Å². The predicted molar refractivity (Wildman–Crippen MR) is 52.4 cm³/mol. The van der Waals surface area contributed by atoms with Crippen molar-refractivity contribution in [1.29, 1.82) is 0 Å². The molecule has 1 heterocycles. The van der Waals surface area contributed by atoms with E-state index in [1.54, 1.807) is 12.1 Å². The summed E-state index contributed by atoms with van der Waals surface area (Å²) < 4.78 is 0. The summed E-state index contributed by atoms with van der Waals surface area (Å²) in [6.07, 6.45) is -1.22. The number of carbonyl (C=O) groups excluding carboxylic acids is 1. The van der Waals surface area contributed by atoms with Crippen LogP contribution in [0, 0.1) is 0 Å². The third kappa shape index (κ3) is 1.63. The number of imide groups is 1. The maximum absolute atomic E-state index is 11.2. The summed E-state index contributed by atoms with van der Waals surface area (Å²) in [7, 11) is 0. The average molecular weight is 206 g/mol. The average Bonchev–Trinajstić information content (AvgIpc) is 2.61. The first-order valence-corrected chi connectivity index (χ1v) is 4.55. The van der Waals surface area contributed by atoms with Gasteiger partial charge in [-0.05, 0) is 5.56 Å². The van der Waals surface area contributed by atoms with Gasteiger partial charge in [0.25, 0.3) is 0 Å². The first-order valence-electron chi connectivity index (χ1n) is 4.55. The van der Waals surface area contributed by atoms with Crippen molar-refractivity contribution in [2.45, 2.75) is 6.04 Å². The number of carboxylic acid groups (broad SMARTS) is 1. The Kier molecular flexibility index (Phi) is 2.29. The van der Waals surface area contributed by atoms with Gasteiger partial charge in [-0.25, -0.2) is 14.5 Å². The topological polar surface area (TPSA) is 69.6 Å². The number of nitrogens with zero attached hydrogens (tertiary/aromatic N) is 1. The van der Waals surface area contributed by atoms with Gasteiger partial charge in [-0.1, -0.05) is 30.3 Å². The van der Waals surface area contributed by atoms with Crippen molar-refractivity contribution in [3.63, 3.8) is 0 Å². The molecular weight excluding hydrogens is 196 g/mol. The highest BCUT2D eigenvalue weighted by atomic mass is 16.4. The number of rotatable bonds is 1. The first kappa shape index (κ1) is 9.51. The molecule has 2 rings (SSSR count). The van der Waals surface area contributed by atoms with Crippen LogP contribution in [-0.4, -0.2) is 28.7 Å². The molecule has 1 unspecified atom stereocenters. The van der Waals surface area contributed by atoms with E-state index >= 15 is 0 Å². The van der Waals surface area contributed by atoms with Crippen molar-refractivity contribution in [3.05, 3.63) is 35.9 Å². The molecule has 0 radical (unpaired) electrons. The molecule has 15 heavy (non-hydrogen) atoms. The fraction of sp³-hybridized carbons (Fsp3) is 0.200. The van der Waals surface area contributed by atoms with Crippen LogP contribution >= 0.6 is 0 Å². The molecule has 78 valence electrons. The summed E-state index contributed by atoms with van der Waals surface area (Å²) in [5, 5.41) is 11.4. The molecule has 1 aromatic carbocycles. The lowest BCUT2D eigenvalue weighted by molar-refractivity contribution is 0.146. The van der Waals surface area contributed by atoms with Crippen LogP contribution in [0.15, 0.2) is 30.3 Å². The molecule has 0 spiro atoms. The van der Waals surface area contributed by atoms with E-state index in [1.165, 1.54) is 0 Å². The van der Waals surface area contributed by atoms with Gasteiger partial charge in [-0.15, -0.1) is 0 Å². The number of carbonyl (C=O) groups is 2. The van der Waals surface area contributed by atoms with E-state index < -0.39 is 18.2 Å². The number of nitrogens with one attached hydrogen (secondary N) is 1. The van der Waals surface area contributed by atoms with Crippen LogP contribution in [0.3, 0.4) is 0 Å². The van der Waals surface area contributed by atoms with E-state index in [-0.39, 0.29) is 0 Å². The fourth-order valence-electron chi connectivity index (χ4n) is 1.66. The maximum atomic E-state index is 11.2. The van der Waals surface area contributed by atoms with Crippen LogP contribution in [-0.2, 0) is 0 Å². The first-order chi connectivity index (χ1) is 7.20. The summed E-state index contributed by atoms with van der Waals surface area (Å²) in [5.41, 5.74) is 0.818. The second-order valence-electron chi connectivity index (χ2n) is 3.27. The normalized spacial score (nSPS) is 20.1. The highest BCUT2D eigenvalue weighted by Crippen LogP contribution is 2.23. The molecule has 0 aromatic heterocycles. The Morgan fingerprint density at radius 3 is 2.67 bits per heavy atom. The summed E-state index contributed by atoms with van der Waals surface area (Å²) in [5.74, 6) is 0. The van der Waals surface area contributed by atoms with Crippen molar-refractivity contribution < 1.29 is 14.7 Å². The number of hydrogen-bond acceptors (Lipinski definition) is 2. The zero-order valence-electron chi connectivity index (χ0n) is 7.88. The second-order valence-corrected chi connectivity index (χ2v) is 3.27. The summed E-state index contributed by atoms with van der Waals surface area (Å²) in [6.45, 7) is 0.329. The molecule has 1 saturated heterocycles. The van der Waals surface area contributed by atoms with Crippen LogP contribution in [0.4, 0.5) is 9.59 Å². The van der Waals surface area contributed by atoms with E-state index in [4.69, 9.17) is 5.11 Å². The molecule has 5 nitrogen and oxygen atoms in total. The number of benzene rings is 1. The number of urea groups is 1. The Morgan fingerprint density at radius 2 is 2.07 bits per heavy atom. The Bertz CT molecular complexity index is 391. The molecule has 0 saturated carbocycles. The van der Waals surface area contributed by atoms with Gasteiger partial charge in [0.2, 0.25) is 0 Å². The van der Waals surface area contributed by atoms with Gasteiger partial charge in [0.05, 0.1) is 6.04 Å². The zero-order chi connectivity index (χ0) is 10.8. The summed E-state index contributed by atoms with van der Waals surface area (Å²) in [4.78, 5) is 22.9. The summed E-state index contributed by atoms with van der Waals surface area (Å²) >= 11 is 0. The van der Waals surface area contributed by atoms with Gasteiger partial charge >= 0.3 is 12.1 Å². The molecular formula is C10H10N2O3. The summed E-state index contributed by atoms with van der Waals surface area (Å²) in [6, 6.07) is 8.12. The number of hydrogen-bond donors (Lipinski definition) is 2. The van der Waals surface area contributed by atoms with Gasteiger partial charge in [0.1, 0.15) is 0 Å². The third-order valence-electron chi connectivity index (χ3n) is 2.37. The van der Waals surface area contributed by atoms with Gasteiger partial charge < -0.3 is 10.4 Å². The Balaban J connectivity index is 2.30. The van der Waals surface area contributed by atoms with E-state index in [0.717, 1.165) is 10.5 Å². The molecule has 0 bridgehead atoms. The lowest BCUT2D eigenvalue weighted by atomic mass is 10.1. The van der Waals surface area contributed by atoms with Crippen LogP contribution < -0.4 is 5.32 Å². The quantitative estimate of drug-likeness (QED) is 0.730. The molecule has 5 heteroatoms. The minimum atomic E-state index is -1.22. The van der Waals surface area contributed by atoms with Crippen molar-refractivity contribution in [2.75, 3.05) is 6.54 Å². The van der Waals surface area contributed by atoms with E-state index in [2.05, 4.69) is 5.32 Å². The Morgan fingerprint density at radius 1 is 1.40 bits per heavy atom. The van der Waals surface area contributed by atoms with Crippen LogP contribution in [0.2, 0.25) is 0 Å². The minimum absolute atomic E-state index is 0.329. The van der Waals surface area contributed by atoms with Crippen LogP contribution in [0.25, 0.3) is 0 Å². The SMILES string of the molecule is O=C(O)N1C(=O)NCC1c1ccccc1. The standard InChI is InChI=1S/C10H10N2O3/c13-9-11-6-8(12(9)10(14)15)7-4-2-1-3-5-7/h1-5,8H,6H2,(H,11,13)(H,14,15). The fourth-order valence-corrected chi connectivity index (χ4v) is 1.66. The molecule has 1 aromatic rings. The van der Waals surface area contributed by atoms with Crippen molar-refractivity contribution in [3.8, 4) is 0 Å². The van der Waals surface area contributed by atoms with Gasteiger partial charge in [0.15, 0.2) is 0 Å². The highest BCUT2D eigenvalue weighted by molar-refractivity contribution is 5.92. The highest BCUT2D eigenvalue weighted by Gasteiger charge is 2.36. The molecule has 3 amide bonds. The van der Waals surface area contributed by atoms with E-state index in [1.807, 2.05) is 18.2 Å². The van der Waals surface area contributed by atoms with E-state index in [9.17, 15) is 9.59 Å². The Labute approximate surface area is 86.3 Å². The largest absolute Gasteiger partial charge is 0.465 e. The molecule has 1 fully saturated rings. The van der Waals surface area contributed by atoms with Gasteiger partial charge in [0, 0.05) is 6.54 Å². The predicted octanol–water partition coefficient (Wildman–Crippen LogP) is 1.43. The van der Waals surface area contributed by atoms with Crippen molar-refractivity contribution in [2.24, 2.45) is 0 Å². The monoisotopic (exact) mass is 206 g/mol. The van der Waals surface area contributed by atoms with Crippen molar-refractivity contribution in [1.82, 2.24) is 10.2 Å². The molecule has 1 aliphatic rings. The van der Waals surface area contributed by atoms with Gasteiger partial charge in [-0.2, -0.15) is 0 Å². The molecule has 1 atom stereocenters. The maximum Gasteiger partial charge on any atom is 0.416 e. The Hall–Kier alpha value is -2.04. The smallest absolute Gasteiger partial charge is 0.416 e. The zero-order valence-corrected chi connectivity index (χ0v) is 7.88.